The molecule has 136 valence electrons. The van der Waals surface area contributed by atoms with Gasteiger partial charge in [-0.15, -0.1) is 0 Å². The maximum absolute atomic E-state index is 12.4. The van der Waals surface area contributed by atoms with Gasteiger partial charge in [0.2, 0.25) is 5.91 Å². The zero-order chi connectivity index (χ0) is 18.6. The Morgan fingerprint density at radius 3 is 2.48 bits per heavy atom. The van der Waals surface area contributed by atoms with E-state index in [9.17, 15) is 9.59 Å². The summed E-state index contributed by atoms with van der Waals surface area (Å²) in [5.41, 5.74) is 3.18. The van der Waals surface area contributed by atoms with Crippen LogP contribution in [0.2, 0.25) is 0 Å². The molecule has 0 atom stereocenters. The van der Waals surface area contributed by atoms with Crippen molar-refractivity contribution in [1.29, 1.82) is 0 Å². The third-order valence-electron chi connectivity index (χ3n) is 4.54. The third-order valence-corrected chi connectivity index (χ3v) is 4.54. The van der Waals surface area contributed by atoms with Crippen molar-refractivity contribution in [2.75, 3.05) is 16.8 Å². The normalized spacial score (nSPS) is 13.8. The Morgan fingerprint density at radius 1 is 1.07 bits per heavy atom. The summed E-state index contributed by atoms with van der Waals surface area (Å²) in [6, 6.07) is 14.7. The summed E-state index contributed by atoms with van der Waals surface area (Å²) in [6.07, 6.45) is 4.64. The van der Waals surface area contributed by atoms with Crippen LogP contribution in [0.5, 0.6) is 0 Å². The Hall–Kier alpha value is -3.48. The summed E-state index contributed by atoms with van der Waals surface area (Å²) < 4.78 is 1.74. The number of aromatic nitrogens is 3. The van der Waals surface area contributed by atoms with Crippen LogP contribution in [0.25, 0.3) is 0 Å². The number of nitrogens with zero attached hydrogens (tertiary/aromatic N) is 4. The van der Waals surface area contributed by atoms with Gasteiger partial charge in [-0.2, -0.15) is 5.10 Å². The highest BCUT2D eigenvalue weighted by molar-refractivity contribution is 6.04. The quantitative estimate of drug-likeness (QED) is 0.758. The highest BCUT2D eigenvalue weighted by Gasteiger charge is 2.21. The van der Waals surface area contributed by atoms with Gasteiger partial charge in [0.1, 0.15) is 12.7 Å². The highest BCUT2D eigenvalue weighted by atomic mass is 16.2. The van der Waals surface area contributed by atoms with Crippen molar-refractivity contribution in [1.82, 2.24) is 14.8 Å². The molecule has 0 bridgehead atoms. The van der Waals surface area contributed by atoms with E-state index >= 15 is 0 Å². The predicted octanol–water partition coefficient (Wildman–Crippen LogP) is 2.71. The molecule has 27 heavy (non-hydrogen) atoms. The molecule has 2 aromatic carbocycles. The van der Waals surface area contributed by atoms with Crippen LogP contribution in [-0.4, -0.2) is 33.1 Å². The molecule has 1 fully saturated rings. The minimum atomic E-state index is -0.182. The fraction of sp³-hybridized carbons (Fsp3) is 0.200. The Balaban J connectivity index is 1.39. The molecular formula is C20H19N5O2. The Labute approximate surface area is 156 Å². The number of benzene rings is 2. The molecule has 0 spiro atoms. The second-order valence-electron chi connectivity index (χ2n) is 6.44. The van der Waals surface area contributed by atoms with Gasteiger partial charge < -0.3 is 10.2 Å². The van der Waals surface area contributed by atoms with Gasteiger partial charge in [-0.3, -0.25) is 9.59 Å². The number of rotatable bonds is 5. The van der Waals surface area contributed by atoms with Gasteiger partial charge >= 0.3 is 0 Å². The van der Waals surface area contributed by atoms with E-state index in [1.54, 1.807) is 28.0 Å². The standard InChI is InChI=1S/C20H19N5O2/c26-19-2-1-11-25(19)18-9-5-16(6-10-18)20(27)23-17-7-3-15(4-8-17)12-24-14-21-13-22-24/h3-10,13-14H,1-2,11-12H2,(H,23,27). The second kappa shape index (κ2) is 7.41. The molecule has 1 saturated heterocycles. The number of hydrogen-bond donors (Lipinski definition) is 1. The molecule has 2 heterocycles. The first-order chi connectivity index (χ1) is 13.2. The fourth-order valence-corrected chi connectivity index (χ4v) is 3.11. The van der Waals surface area contributed by atoms with Gasteiger partial charge in [0.05, 0.1) is 6.54 Å². The van der Waals surface area contributed by atoms with Gasteiger partial charge in [0, 0.05) is 29.9 Å². The number of amides is 2. The topological polar surface area (TPSA) is 80.1 Å². The van der Waals surface area contributed by atoms with Crippen LogP contribution < -0.4 is 10.2 Å². The lowest BCUT2D eigenvalue weighted by molar-refractivity contribution is -0.117. The summed E-state index contributed by atoms with van der Waals surface area (Å²) in [7, 11) is 0. The molecule has 2 amide bonds. The van der Waals surface area contributed by atoms with Gasteiger partial charge in [-0.1, -0.05) is 12.1 Å². The van der Waals surface area contributed by atoms with Crippen molar-refractivity contribution >= 4 is 23.2 Å². The number of carbonyl (C=O) groups excluding carboxylic acids is 2. The molecule has 3 aromatic rings. The van der Waals surface area contributed by atoms with E-state index < -0.39 is 0 Å². The lowest BCUT2D eigenvalue weighted by Gasteiger charge is -2.15. The molecule has 7 heteroatoms. The molecular weight excluding hydrogens is 342 g/mol. The van der Waals surface area contributed by atoms with Gasteiger partial charge in [-0.25, -0.2) is 9.67 Å². The number of nitrogens with one attached hydrogen (secondary N) is 1. The van der Waals surface area contributed by atoms with E-state index in [4.69, 9.17) is 0 Å². The van der Waals surface area contributed by atoms with Crippen LogP contribution in [0.15, 0.2) is 61.2 Å². The van der Waals surface area contributed by atoms with E-state index in [1.807, 2.05) is 36.4 Å². The lowest BCUT2D eigenvalue weighted by Crippen LogP contribution is -2.23. The van der Waals surface area contributed by atoms with Gasteiger partial charge in [0.15, 0.2) is 0 Å². The maximum atomic E-state index is 12.4. The SMILES string of the molecule is O=C(Nc1ccc(Cn2cncn2)cc1)c1ccc(N2CCCC2=O)cc1. The molecule has 1 N–H and O–H groups in total. The molecule has 0 unspecified atom stereocenters. The lowest BCUT2D eigenvalue weighted by atomic mass is 10.1. The van der Waals surface area contributed by atoms with E-state index in [0.717, 1.165) is 29.9 Å². The van der Waals surface area contributed by atoms with Crippen molar-refractivity contribution in [3.8, 4) is 0 Å². The molecule has 1 aromatic heterocycles. The third kappa shape index (κ3) is 3.87. The van der Waals surface area contributed by atoms with Gasteiger partial charge in [0.25, 0.3) is 5.91 Å². The Morgan fingerprint density at radius 2 is 1.85 bits per heavy atom. The van der Waals surface area contributed by atoms with Crippen molar-refractivity contribution < 1.29 is 9.59 Å². The second-order valence-corrected chi connectivity index (χ2v) is 6.44. The molecule has 1 aliphatic rings. The van der Waals surface area contributed by atoms with Gasteiger partial charge in [-0.05, 0) is 48.4 Å². The van der Waals surface area contributed by atoms with Crippen LogP contribution in [0.3, 0.4) is 0 Å². The Kier molecular flexibility index (Phi) is 4.65. The smallest absolute Gasteiger partial charge is 0.255 e. The van der Waals surface area contributed by atoms with Crippen LogP contribution in [-0.2, 0) is 11.3 Å². The van der Waals surface area contributed by atoms with Crippen molar-refractivity contribution in [2.24, 2.45) is 0 Å². The van der Waals surface area contributed by atoms with E-state index in [1.165, 1.54) is 6.33 Å². The first kappa shape index (κ1) is 17.0. The first-order valence-electron chi connectivity index (χ1n) is 8.82. The fourth-order valence-electron chi connectivity index (χ4n) is 3.11. The van der Waals surface area contributed by atoms with Crippen LogP contribution in [0, 0.1) is 0 Å². The number of hydrogen-bond acceptors (Lipinski definition) is 4. The van der Waals surface area contributed by atoms with Crippen LogP contribution in [0.4, 0.5) is 11.4 Å². The summed E-state index contributed by atoms with van der Waals surface area (Å²) in [5, 5.41) is 6.96. The number of carbonyl (C=O) groups is 2. The van der Waals surface area contributed by atoms with E-state index in [0.29, 0.717) is 18.5 Å². The summed E-state index contributed by atoms with van der Waals surface area (Å²) >= 11 is 0. The summed E-state index contributed by atoms with van der Waals surface area (Å²) in [4.78, 5) is 29.9. The zero-order valence-electron chi connectivity index (χ0n) is 14.7. The van der Waals surface area contributed by atoms with Crippen LogP contribution in [0.1, 0.15) is 28.8 Å². The van der Waals surface area contributed by atoms with Crippen molar-refractivity contribution in [3.63, 3.8) is 0 Å². The highest BCUT2D eigenvalue weighted by Crippen LogP contribution is 2.22. The number of anilines is 2. The average molecular weight is 361 g/mol. The minimum absolute atomic E-state index is 0.137. The predicted molar refractivity (Wildman–Crippen MR) is 102 cm³/mol. The Bertz CT molecular complexity index is 934. The molecule has 4 rings (SSSR count). The van der Waals surface area contributed by atoms with Crippen molar-refractivity contribution in [3.05, 3.63) is 72.3 Å². The monoisotopic (exact) mass is 361 g/mol. The molecule has 1 aliphatic heterocycles. The zero-order valence-corrected chi connectivity index (χ0v) is 14.7. The molecule has 0 aliphatic carbocycles. The molecule has 0 radical (unpaired) electrons. The summed E-state index contributed by atoms with van der Waals surface area (Å²) in [5.74, 6) is -0.0449. The minimum Gasteiger partial charge on any atom is -0.322 e. The molecule has 0 saturated carbocycles. The average Bonchev–Trinajstić information content (AvgIpc) is 3.35. The molecule has 7 nitrogen and oxygen atoms in total. The van der Waals surface area contributed by atoms with Crippen LogP contribution >= 0.6 is 0 Å². The largest absolute Gasteiger partial charge is 0.322 e. The maximum Gasteiger partial charge on any atom is 0.255 e. The van der Waals surface area contributed by atoms with Crippen molar-refractivity contribution in [2.45, 2.75) is 19.4 Å². The van der Waals surface area contributed by atoms with E-state index in [2.05, 4.69) is 15.4 Å². The van der Waals surface area contributed by atoms with E-state index in [-0.39, 0.29) is 11.8 Å². The summed E-state index contributed by atoms with van der Waals surface area (Å²) in [6.45, 7) is 1.37. The first-order valence-corrected chi connectivity index (χ1v) is 8.82.